The molecule has 3 aromatic rings. The van der Waals surface area contributed by atoms with Crippen LogP contribution in [0, 0.1) is 0 Å². The molecule has 1 amide bonds. The Bertz CT molecular complexity index is 1130. The van der Waals surface area contributed by atoms with Crippen molar-refractivity contribution in [1.82, 2.24) is 15.2 Å². The third kappa shape index (κ3) is 5.11. The Morgan fingerprint density at radius 2 is 1.82 bits per heavy atom. The zero-order valence-electron chi connectivity index (χ0n) is 19.8. The van der Waals surface area contributed by atoms with E-state index >= 15 is 0 Å². The van der Waals surface area contributed by atoms with Gasteiger partial charge in [-0.25, -0.2) is 0 Å². The first-order valence-corrected chi connectivity index (χ1v) is 11.9. The van der Waals surface area contributed by atoms with Gasteiger partial charge in [-0.3, -0.25) is 9.79 Å². The number of hydrogen-bond acceptors (Lipinski definition) is 4. The fourth-order valence-corrected chi connectivity index (χ4v) is 4.67. The average molecular weight is 447 g/mol. The number of aromatic nitrogens is 1. The summed E-state index contributed by atoms with van der Waals surface area (Å²) >= 11 is 0. The number of nitrogens with one attached hydrogen (secondary N) is 2. The Balaban J connectivity index is 1.72. The quantitative estimate of drug-likeness (QED) is 0.459. The summed E-state index contributed by atoms with van der Waals surface area (Å²) in [5, 5.41) is 14.7. The normalized spacial score (nSPS) is 19.2. The largest absolute Gasteiger partial charge is 0.494 e. The van der Waals surface area contributed by atoms with Crippen molar-refractivity contribution < 1.29 is 9.90 Å². The number of nitrogens with zero attached hydrogens (tertiary/aromatic N) is 2. The molecule has 1 aromatic heterocycles. The summed E-state index contributed by atoms with van der Waals surface area (Å²) in [7, 11) is 4.29. The van der Waals surface area contributed by atoms with Crippen LogP contribution in [0.25, 0.3) is 10.9 Å². The van der Waals surface area contributed by atoms with E-state index < -0.39 is 0 Å². The van der Waals surface area contributed by atoms with E-state index in [4.69, 9.17) is 4.99 Å². The average Bonchev–Trinajstić information content (AvgIpc) is 3.16. The topological polar surface area (TPSA) is 80.7 Å². The fourth-order valence-electron chi connectivity index (χ4n) is 4.67. The number of aliphatic imine (C=N–C) groups is 1. The maximum atomic E-state index is 12.4. The van der Waals surface area contributed by atoms with Crippen LogP contribution < -0.4 is 5.32 Å². The number of aromatic amines is 1. The number of carbonyl (C=O) groups excluding carboxylic acids is 1. The first-order chi connectivity index (χ1) is 16.0. The molecule has 174 valence electrons. The molecule has 6 nitrogen and oxygen atoms in total. The molecule has 0 unspecified atom stereocenters. The lowest BCUT2D eigenvalue weighted by molar-refractivity contribution is 0.0953. The first kappa shape index (κ1) is 23.1. The number of benzene rings is 2. The Labute approximate surface area is 195 Å². The second-order valence-corrected chi connectivity index (χ2v) is 9.13. The van der Waals surface area contributed by atoms with Crippen molar-refractivity contribution in [3.63, 3.8) is 0 Å². The van der Waals surface area contributed by atoms with E-state index in [0.717, 1.165) is 54.3 Å². The minimum absolute atomic E-state index is 0.0840. The SMILES string of the molecule is CCCNC(=O)c1ccc2c(C(=NC3CCC(N(C)C)CC3)c3ccccc3)c(O)[nH]c2c1. The van der Waals surface area contributed by atoms with Crippen LogP contribution in [0.15, 0.2) is 53.5 Å². The van der Waals surface area contributed by atoms with Gasteiger partial charge in [0.2, 0.25) is 0 Å². The highest BCUT2D eigenvalue weighted by Gasteiger charge is 2.25. The Hall–Kier alpha value is -3.12. The van der Waals surface area contributed by atoms with E-state index in [9.17, 15) is 9.90 Å². The minimum atomic E-state index is -0.107. The molecular weight excluding hydrogens is 412 g/mol. The predicted octanol–water partition coefficient (Wildman–Crippen LogP) is 4.72. The first-order valence-electron chi connectivity index (χ1n) is 11.9. The van der Waals surface area contributed by atoms with E-state index in [1.54, 1.807) is 6.07 Å². The molecule has 0 aliphatic heterocycles. The Morgan fingerprint density at radius 3 is 2.48 bits per heavy atom. The predicted molar refractivity (Wildman–Crippen MR) is 134 cm³/mol. The maximum absolute atomic E-state index is 12.4. The molecule has 1 heterocycles. The molecule has 0 saturated heterocycles. The van der Waals surface area contributed by atoms with Crippen molar-refractivity contribution in [3.8, 4) is 5.88 Å². The highest BCUT2D eigenvalue weighted by atomic mass is 16.3. The number of fused-ring (bicyclic) bond motifs is 1. The molecule has 0 radical (unpaired) electrons. The minimum Gasteiger partial charge on any atom is -0.494 e. The highest BCUT2D eigenvalue weighted by Crippen LogP contribution is 2.32. The summed E-state index contributed by atoms with van der Waals surface area (Å²) in [5.74, 6) is -0.0234. The van der Waals surface area contributed by atoms with Gasteiger partial charge >= 0.3 is 0 Å². The van der Waals surface area contributed by atoms with Gasteiger partial charge in [0, 0.05) is 34.6 Å². The van der Waals surface area contributed by atoms with Crippen molar-refractivity contribution in [2.75, 3.05) is 20.6 Å². The number of carbonyl (C=O) groups is 1. The van der Waals surface area contributed by atoms with E-state index in [1.807, 2.05) is 49.4 Å². The summed E-state index contributed by atoms with van der Waals surface area (Å²) in [5.41, 5.74) is 3.78. The Morgan fingerprint density at radius 1 is 1.09 bits per heavy atom. The smallest absolute Gasteiger partial charge is 0.251 e. The van der Waals surface area contributed by atoms with E-state index in [0.29, 0.717) is 23.7 Å². The van der Waals surface area contributed by atoms with Gasteiger partial charge < -0.3 is 20.3 Å². The molecule has 1 aliphatic carbocycles. The molecule has 6 heteroatoms. The Kier molecular flexibility index (Phi) is 7.14. The van der Waals surface area contributed by atoms with Crippen LogP contribution in [-0.4, -0.2) is 59.3 Å². The van der Waals surface area contributed by atoms with Gasteiger partial charge in [-0.15, -0.1) is 0 Å². The van der Waals surface area contributed by atoms with Crippen LogP contribution in [-0.2, 0) is 0 Å². The molecule has 1 aliphatic rings. The van der Waals surface area contributed by atoms with Crippen molar-refractivity contribution in [2.24, 2.45) is 4.99 Å². The third-order valence-corrected chi connectivity index (χ3v) is 6.57. The molecule has 3 N–H and O–H groups in total. The summed E-state index contributed by atoms with van der Waals surface area (Å²) in [6.07, 6.45) is 5.20. The van der Waals surface area contributed by atoms with Gasteiger partial charge in [-0.1, -0.05) is 43.3 Å². The second-order valence-electron chi connectivity index (χ2n) is 9.13. The lowest BCUT2D eigenvalue weighted by Gasteiger charge is -2.31. The molecule has 0 bridgehead atoms. The van der Waals surface area contributed by atoms with Gasteiger partial charge in [0.05, 0.1) is 17.3 Å². The number of amides is 1. The lowest BCUT2D eigenvalue weighted by atomic mass is 9.90. The standard InChI is InChI=1S/C27H34N4O2/c1-4-16-28-26(32)19-10-15-22-23(17-19)30-27(33)24(22)25(18-8-6-5-7-9-18)29-20-11-13-21(14-12-20)31(2)3/h5-10,15,17,20-21,30,33H,4,11-14,16H2,1-3H3,(H,28,32). The van der Waals surface area contributed by atoms with Crippen LogP contribution in [0.3, 0.4) is 0 Å². The summed E-state index contributed by atoms with van der Waals surface area (Å²) < 4.78 is 0. The van der Waals surface area contributed by atoms with Crippen LogP contribution in [0.5, 0.6) is 5.88 Å². The van der Waals surface area contributed by atoms with Gasteiger partial charge in [-0.05, 0) is 58.3 Å². The fraction of sp³-hybridized carbons (Fsp3) is 0.407. The van der Waals surface area contributed by atoms with Crippen molar-refractivity contribution in [1.29, 1.82) is 0 Å². The number of rotatable bonds is 7. The lowest BCUT2D eigenvalue weighted by Crippen LogP contribution is -2.33. The van der Waals surface area contributed by atoms with Crippen LogP contribution in [0.4, 0.5) is 0 Å². The number of H-pyrrole nitrogens is 1. The molecule has 0 spiro atoms. The second kappa shape index (κ2) is 10.2. The molecule has 1 saturated carbocycles. The van der Waals surface area contributed by atoms with Gasteiger partial charge in [0.25, 0.3) is 5.91 Å². The molecule has 4 rings (SSSR count). The van der Waals surface area contributed by atoms with Crippen molar-refractivity contribution in [2.45, 2.75) is 51.1 Å². The zero-order valence-corrected chi connectivity index (χ0v) is 19.8. The van der Waals surface area contributed by atoms with E-state index in [1.165, 1.54) is 0 Å². The maximum Gasteiger partial charge on any atom is 0.251 e. The summed E-state index contributed by atoms with van der Waals surface area (Å²) in [6, 6.07) is 16.4. The summed E-state index contributed by atoms with van der Waals surface area (Å²) in [4.78, 5) is 23.0. The van der Waals surface area contributed by atoms with Crippen LogP contribution in [0.1, 0.15) is 60.5 Å². The third-order valence-electron chi connectivity index (χ3n) is 6.57. The summed E-state index contributed by atoms with van der Waals surface area (Å²) in [6.45, 7) is 2.66. The van der Waals surface area contributed by atoms with Gasteiger partial charge in [-0.2, -0.15) is 0 Å². The van der Waals surface area contributed by atoms with Crippen molar-refractivity contribution in [3.05, 3.63) is 65.2 Å². The van der Waals surface area contributed by atoms with Gasteiger partial charge in [0.1, 0.15) is 0 Å². The monoisotopic (exact) mass is 446 g/mol. The number of aromatic hydroxyl groups is 1. The van der Waals surface area contributed by atoms with Crippen LogP contribution in [0.2, 0.25) is 0 Å². The zero-order chi connectivity index (χ0) is 23.4. The van der Waals surface area contributed by atoms with Gasteiger partial charge in [0.15, 0.2) is 5.88 Å². The van der Waals surface area contributed by atoms with Crippen molar-refractivity contribution >= 4 is 22.5 Å². The molecule has 1 fully saturated rings. The molecule has 33 heavy (non-hydrogen) atoms. The molecular formula is C27H34N4O2. The van der Waals surface area contributed by atoms with E-state index in [2.05, 4.69) is 29.3 Å². The molecule has 0 atom stereocenters. The van der Waals surface area contributed by atoms with E-state index in [-0.39, 0.29) is 17.8 Å². The number of hydrogen-bond donors (Lipinski definition) is 3. The highest BCUT2D eigenvalue weighted by molar-refractivity contribution is 6.21. The molecule has 2 aromatic carbocycles. The van der Waals surface area contributed by atoms with Crippen LogP contribution >= 0.6 is 0 Å².